The first-order valence-corrected chi connectivity index (χ1v) is 5.67. The minimum Gasteiger partial charge on any atom is -0.481 e. The molecule has 3 nitrogen and oxygen atoms in total. The van der Waals surface area contributed by atoms with Gasteiger partial charge in [0.2, 0.25) is 0 Å². The lowest BCUT2D eigenvalue weighted by Crippen LogP contribution is -2.10. The minimum atomic E-state index is -0.745. The highest BCUT2D eigenvalue weighted by atomic mass is 16.4. The second-order valence-electron chi connectivity index (χ2n) is 4.29. The molecular weight excluding hydrogens is 202 g/mol. The molecule has 0 aromatic heterocycles. The zero-order valence-electron chi connectivity index (χ0n) is 9.72. The topological polar surface area (TPSA) is 49.7 Å². The molecule has 3 heteroatoms. The predicted octanol–water partition coefficient (Wildman–Crippen LogP) is 3.04. The van der Waals surface area contributed by atoms with Gasteiger partial charge in [-0.25, -0.2) is 0 Å². The summed E-state index contributed by atoms with van der Waals surface area (Å²) in [5.41, 5.74) is 0.979. The van der Waals surface area contributed by atoms with Crippen LogP contribution in [0.2, 0.25) is 0 Å². The van der Waals surface area contributed by atoms with Crippen molar-refractivity contribution in [2.45, 2.75) is 32.6 Å². The highest BCUT2D eigenvalue weighted by molar-refractivity contribution is 5.67. The van der Waals surface area contributed by atoms with Crippen LogP contribution in [0.4, 0.5) is 0 Å². The fourth-order valence-corrected chi connectivity index (χ4v) is 1.89. The van der Waals surface area contributed by atoms with E-state index in [0.717, 1.165) is 12.0 Å². The highest BCUT2D eigenvalue weighted by Gasteiger charge is 2.27. The van der Waals surface area contributed by atoms with Gasteiger partial charge in [-0.15, -0.1) is 0 Å². The van der Waals surface area contributed by atoms with Crippen molar-refractivity contribution in [3.8, 4) is 0 Å². The first kappa shape index (κ1) is 12.7. The number of aliphatic carboxylic acids is 1. The van der Waals surface area contributed by atoms with Crippen molar-refractivity contribution in [2.75, 3.05) is 0 Å². The third kappa shape index (κ3) is 4.43. The number of aliphatic imine (C=N–C) groups is 1. The van der Waals surface area contributed by atoms with Gasteiger partial charge in [-0.3, -0.25) is 9.79 Å². The van der Waals surface area contributed by atoms with Crippen molar-refractivity contribution in [1.29, 1.82) is 0 Å². The summed E-state index contributed by atoms with van der Waals surface area (Å²) in [6.07, 6.45) is 9.14. The van der Waals surface area contributed by atoms with E-state index < -0.39 is 5.97 Å². The van der Waals surface area contributed by atoms with Crippen LogP contribution in [-0.4, -0.2) is 17.8 Å². The van der Waals surface area contributed by atoms with Gasteiger partial charge in [0, 0.05) is 6.20 Å². The van der Waals surface area contributed by atoms with E-state index in [0.29, 0.717) is 5.92 Å². The molecule has 88 valence electrons. The van der Waals surface area contributed by atoms with Crippen LogP contribution in [-0.2, 0) is 4.79 Å². The normalized spacial score (nSPS) is 18.7. The monoisotopic (exact) mass is 221 g/mol. The van der Waals surface area contributed by atoms with E-state index in [1.807, 2.05) is 19.1 Å². The molecule has 0 heterocycles. The van der Waals surface area contributed by atoms with Crippen molar-refractivity contribution in [3.05, 3.63) is 23.9 Å². The Morgan fingerprint density at radius 1 is 1.62 bits per heavy atom. The standard InChI is InChI=1S/C13H19NO2/c1-3-4-11(9-14-2)12(8-13(15)16)7-10-5-6-10/h3-4,9-10,12H,2,5-8H2,1H3,(H,15,16)/b4-3-,11-9+/t12-/m1/s1. The lowest BCUT2D eigenvalue weighted by molar-refractivity contribution is -0.137. The smallest absolute Gasteiger partial charge is 0.303 e. The van der Waals surface area contributed by atoms with Crippen LogP contribution in [0.3, 0.4) is 0 Å². The van der Waals surface area contributed by atoms with E-state index in [-0.39, 0.29) is 12.3 Å². The molecule has 0 aromatic rings. The summed E-state index contributed by atoms with van der Waals surface area (Å²) >= 11 is 0. The Labute approximate surface area is 96.6 Å². The molecule has 1 atom stereocenters. The molecule has 0 spiro atoms. The summed E-state index contributed by atoms with van der Waals surface area (Å²) in [4.78, 5) is 14.6. The highest BCUT2D eigenvalue weighted by Crippen LogP contribution is 2.38. The van der Waals surface area contributed by atoms with Crippen molar-refractivity contribution in [1.82, 2.24) is 0 Å². The second-order valence-corrected chi connectivity index (χ2v) is 4.29. The van der Waals surface area contributed by atoms with E-state index in [1.54, 1.807) is 6.20 Å². The Bertz CT molecular complexity index is 314. The van der Waals surface area contributed by atoms with E-state index >= 15 is 0 Å². The summed E-state index contributed by atoms with van der Waals surface area (Å²) in [5.74, 6) is 0.0413. The van der Waals surface area contributed by atoms with Gasteiger partial charge in [-0.2, -0.15) is 0 Å². The maximum atomic E-state index is 10.8. The molecular formula is C13H19NO2. The van der Waals surface area contributed by atoms with E-state index in [4.69, 9.17) is 5.11 Å². The molecule has 1 fully saturated rings. The Kier molecular flexibility index (Phi) is 4.96. The number of allylic oxidation sites excluding steroid dienone is 3. The fraction of sp³-hybridized carbons (Fsp3) is 0.538. The van der Waals surface area contributed by atoms with Gasteiger partial charge in [-0.1, -0.05) is 25.0 Å². The zero-order valence-corrected chi connectivity index (χ0v) is 9.72. The van der Waals surface area contributed by atoms with E-state index in [2.05, 4.69) is 11.7 Å². The van der Waals surface area contributed by atoms with Gasteiger partial charge in [-0.05, 0) is 37.5 Å². The minimum absolute atomic E-state index is 0.0756. The van der Waals surface area contributed by atoms with Crippen molar-refractivity contribution in [3.63, 3.8) is 0 Å². The number of carboxylic acid groups (broad SMARTS) is 1. The van der Waals surface area contributed by atoms with Gasteiger partial charge in [0.25, 0.3) is 0 Å². The van der Waals surface area contributed by atoms with Crippen molar-refractivity contribution in [2.24, 2.45) is 16.8 Å². The molecule has 0 amide bonds. The molecule has 0 aromatic carbocycles. The average Bonchev–Trinajstić information content (AvgIpc) is 3.00. The molecule has 1 aliphatic rings. The predicted molar refractivity (Wildman–Crippen MR) is 65.5 cm³/mol. The maximum absolute atomic E-state index is 10.8. The van der Waals surface area contributed by atoms with Crippen LogP contribution < -0.4 is 0 Å². The molecule has 16 heavy (non-hydrogen) atoms. The van der Waals surface area contributed by atoms with Gasteiger partial charge < -0.3 is 5.11 Å². The Hall–Kier alpha value is -1.38. The van der Waals surface area contributed by atoms with E-state index in [1.165, 1.54) is 12.8 Å². The fourth-order valence-electron chi connectivity index (χ4n) is 1.89. The maximum Gasteiger partial charge on any atom is 0.303 e. The second kappa shape index (κ2) is 6.26. The third-order valence-corrected chi connectivity index (χ3v) is 2.81. The summed E-state index contributed by atoms with van der Waals surface area (Å²) in [6, 6.07) is 0. The average molecular weight is 221 g/mol. The number of carboxylic acids is 1. The zero-order chi connectivity index (χ0) is 12.0. The molecule has 1 rings (SSSR count). The SMILES string of the molecule is C=N/C=C(\C=C/C)[C@@H](CC(=O)O)CC1CC1. The first-order chi connectivity index (χ1) is 7.67. The van der Waals surface area contributed by atoms with Gasteiger partial charge >= 0.3 is 5.97 Å². The van der Waals surface area contributed by atoms with Crippen molar-refractivity contribution >= 4 is 12.7 Å². The number of hydrogen-bond acceptors (Lipinski definition) is 2. The van der Waals surface area contributed by atoms with Crippen LogP contribution in [0.25, 0.3) is 0 Å². The van der Waals surface area contributed by atoms with Gasteiger partial charge in [0.1, 0.15) is 0 Å². The third-order valence-electron chi connectivity index (χ3n) is 2.81. The van der Waals surface area contributed by atoms with Gasteiger partial charge in [0.05, 0.1) is 6.42 Å². The quantitative estimate of drug-likeness (QED) is 0.530. The number of rotatable bonds is 7. The molecule has 1 saturated carbocycles. The summed E-state index contributed by atoms with van der Waals surface area (Å²) in [5, 5.41) is 8.90. The van der Waals surface area contributed by atoms with Crippen LogP contribution >= 0.6 is 0 Å². The summed E-state index contributed by atoms with van der Waals surface area (Å²) in [6.45, 7) is 5.35. The number of nitrogens with zero attached hydrogens (tertiary/aromatic N) is 1. The Morgan fingerprint density at radius 3 is 2.75 bits per heavy atom. The van der Waals surface area contributed by atoms with Crippen LogP contribution in [0.5, 0.6) is 0 Å². The lowest BCUT2D eigenvalue weighted by Gasteiger charge is -2.15. The molecule has 0 unspecified atom stereocenters. The number of carbonyl (C=O) groups is 1. The molecule has 1 N–H and O–H groups in total. The summed E-state index contributed by atoms with van der Waals surface area (Å²) < 4.78 is 0. The van der Waals surface area contributed by atoms with Crippen molar-refractivity contribution < 1.29 is 9.90 Å². The van der Waals surface area contributed by atoms with Crippen LogP contribution in [0.1, 0.15) is 32.6 Å². The van der Waals surface area contributed by atoms with Crippen LogP contribution in [0.15, 0.2) is 28.9 Å². The molecule has 0 aliphatic heterocycles. The largest absolute Gasteiger partial charge is 0.481 e. The van der Waals surface area contributed by atoms with E-state index in [9.17, 15) is 4.79 Å². The molecule has 1 aliphatic carbocycles. The lowest BCUT2D eigenvalue weighted by atomic mass is 9.90. The summed E-state index contributed by atoms with van der Waals surface area (Å²) in [7, 11) is 0. The Morgan fingerprint density at radius 2 is 2.31 bits per heavy atom. The Balaban J connectivity index is 2.72. The van der Waals surface area contributed by atoms with Gasteiger partial charge in [0.15, 0.2) is 0 Å². The van der Waals surface area contributed by atoms with Crippen LogP contribution in [0, 0.1) is 11.8 Å². The molecule has 0 saturated heterocycles. The molecule has 0 bridgehead atoms. The molecule has 0 radical (unpaired) electrons. The first-order valence-electron chi connectivity index (χ1n) is 5.67. The number of hydrogen-bond donors (Lipinski definition) is 1.